The van der Waals surface area contributed by atoms with Crippen LogP contribution >= 0.6 is 35.3 Å². The Morgan fingerprint density at radius 2 is 1.90 bits per heavy atom. The molecule has 3 aromatic rings. The predicted molar refractivity (Wildman–Crippen MR) is 159 cm³/mol. The van der Waals surface area contributed by atoms with Gasteiger partial charge in [0.2, 0.25) is 0 Å². The van der Waals surface area contributed by atoms with Gasteiger partial charge in [0.1, 0.15) is 10.1 Å². The van der Waals surface area contributed by atoms with Gasteiger partial charge >= 0.3 is 5.97 Å². The number of aromatic carboxylic acids is 1. The van der Waals surface area contributed by atoms with E-state index in [0.29, 0.717) is 59.9 Å². The molecule has 41 heavy (non-hydrogen) atoms. The molecule has 2 aliphatic rings. The molecule has 214 valence electrons. The van der Waals surface area contributed by atoms with Gasteiger partial charge in [-0.2, -0.15) is 0 Å². The van der Waals surface area contributed by atoms with Gasteiger partial charge in [-0.15, -0.1) is 11.3 Å². The largest absolute Gasteiger partial charge is 0.493 e. The number of thiophene rings is 1. The molecule has 0 atom stereocenters. The lowest BCUT2D eigenvalue weighted by Crippen LogP contribution is -2.35. The monoisotopic (exact) mass is 616 g/mol. The fraction of sp³-hybridized carbons (Fsp3) is 0.276. The molecule has 3 heterocycles. The van der Waals surface area contributed by atoms with Crippen molar-refractivity contribution in [3.05, 3.63) is 80.4 Å². The van der Waals surface area contributed by atoms with Crippen molar-refractivity contribution in [2.75, 3.05) is 39.5 Å². The van der Waals surface area contributed by atoms with E-state index in [1.807, 2.05) is 11.4 Å². The van der Waals surface area contributed by atoms with E-state index >= 15 is 0 Å². The topological polar surface area (TPSA) is 79.3 Å². The maximum atomic E-state index is 13.6. The average Bonchev–Trinajstić information content (AvgIpc) is 3.53. The minimum Gasteiger partial charge on any atom is -0.493 e. The lowest BCUT2D eigenvalue weighted by molar-refractivity contribution is -0.122. The number of thioether (sulfide) groups is 1. The van der Waals surface area contributed by atoms with E-state index in [-0.39, 0.29) is 11.5 Å². The van der Waals surface area contributed by atoms with Crippen LogP contribution in [0.5, 0.6) is 5.75 Å². The summed E-state index contributed by atoms with van der Waals surface area (Å²) < 4.78 is 38.8. The van der Waals surface area contributed by atoms with Crippen LogP contribution in [-0.4, -0.2) is 70.6 Å². The van der Waals surface area contributed by atoms with Crippen LogP contribution in [0.1, 0.15) is 27.2 Å². The molecule has 0 unspecified atom stereocenters. The maximum absolute atomic E-state index is 13.6. The number of thiocarbonyl (C=S) groups is 1. The van der Waals surface area contributed by atoms with Gasteiger partial charge in [0.25, 0.3) is 5.91 Å². The summed E-state index contributed by atoms with van der Waals surface area (Å²) >= 11 is 8.07. The lowest BCUT2D eigenvalue weighted by atomic mass is 10.1. The predicted octanol–water partition coefficient (Wildman–Crippen LogP) is 5.89. The third-order valence-electron chi connectivity index (χ3n) is 6.61. The van der Waals surface area contributed by atoms with Crippen molar-refractivity contribution in [3.63, 3.8) is 0 Å². The standard InChI is InChI=1S/C29H26F2N2O5S3/c30-23-4-2-18(14-24(23)31)21-13-22(40-17-21)15-26-27(34)33(29(39)41-26)6-1-9-38-25-5-3-19(28(35)36)12-20(25)16-32-7-10-37-11-8-32/h2-5,12-15,17H,1,6-11,16H2,(H,35,36)/b26-15-. The Morgan fingerprint density at radius 1 is 1.10 bits per heavy atom. The minimum atomic E-state index is -0.995. The van der Waals surface area contributed by atoms with Gasteiger partial charge < -0.3 is 14.6 Å². The number of carboxylic acid groups (broad SMARTS) is 1. The van der Waals surface area contributed by atoms with E-state index in [2.05, 4.69) is 4.90 Å². The Kier molecular flexibility index (Phi) is 9.46. The second-order valence-corrected chi connectivity index (χ2v) is 12.0. The Morgan fingerprint density at radius 3 is 2.66 bits per heavy atom. The molecular weight excluding hydrogens is 591 g/mol. The van der Waals surface area contributed by atoms with Crippen molar-refractivity contribution in [2.24, 2.45) is 0 Å². The summed E-state index contributed by atoms with van der Waals surface area (Å²) in [4.78, 5) is 29.6. The van der Waals surface area contributed by atoms with E-state index in [0.717, 1.165) is 41.2 Å². The third kappa shape index (κ3) is 7.19. The van der Waals surface area contributed by atoms with Gasteiger partial charge in [0.15, 0.2) is 11.6 Å². The first-order valence-electron chi connectivity index (χ1n) is 12.9. The second-order valence-electron chi connectivity index (χ2n) is 9.42. The molecule has 12 heteroatoms. The number of ether oxygens (including phenoxy) is 2. The molecule has 5 rings (SSSR count). The van der Waals surface area contributed by atoms with Crippen LogP contribution in [0.2, 0.25) is 0 Å². The molecule has 0 bridgehead atoms. The number of hydrogen-bond donors (Lipinski definition) is 1. The van der Waals surface area contributed by atoms with Crippen LogP contribution in [-0.2, 0) is 16.1 Å². The van der Waals surface area contributed by atoms with Gasteiger partial charge in [-0.05, 0) is 65.4 Å². The SMILES string of the molecule is O=C(O)c1ccc(OCCCN2C(=O)/C(=C/c3cc(-c4ccc(F)c(F)c4)cs3)SC2=S)c(CN2CCOCC2)c1. The highest BCUT2D eigenvalue weighted by Gasteiger charge is 2.31. The molecule has 2 aliphatic heterocycles. The molecule has 1 amide bonds. The normalized spacial score (nSPS) is 17.0. The van der Waals surface area contributed by atoms with Crippen LogP contribution in [0, 0.1) is 11.6 Å². The maximum Gasteiger partial charge on any atom is 0.335 e. The van der Waals surface area contributed by atoms with Gasteiger partial charge in [-0.3, -0.25) is 14.6 Å². The number of carboxylic acids is 1. The van der Waals surface area contributed by atoms with Crippen LogP contribution in [0.4, 0.5) is 8.78 Å². The van der Waals surface area contributed by atoms with Crippen molar-refractivity contribution in [2.45, 2.75) is 13.0 Å². The number of carbonyl (C=O) groups excluding carboxylic acids is 1. The fourth-order valence-corrected chi connectivity index (χ4v) is 6.68. The molecule has 1 aromatic heterocycles. The van der Waals surface area contributed by atoms with Crippen molar-refractivity contribution in [1.82, 2.24) is 9.80 Å². The van der Waals surface area contributed by atoms with Gasteiger partial charge in [-0.1, -0.05) is 30.0 Å². The Hall–Kier alpha value is -3.16. The van der Waals surface area contributed by atoms with Crippen molar-refractivity contribution < 1.29 is 33.0 Å². The van der Waals surface area contributed by atoms with Crippen LogP contribution in [0.15, 0.2) is 52.7 Å². The number of halogens is 2. The zero-order chi connectivity index (χ0) is 28.9. The minimum absolute atomic E-state index is 0.193. The molecule has 0 aliphatic carbocycles. The number of benzene rings is 2. The molecule has 7 nitrogen and oxygen atoms in total. The summed E-state index contributed by atoms with van der Waals surface area (Å²) in [6.07, 6.45) is 2.28. The quantitative estimate of drug-likeness (QED) is 0.172. The van der Waals surface area contributed by atoms with Crippen molar-refractivity contribution >= 4 is 57.6 Å². The molecule has 2 fully saturated rings. The number of nitrogens with zero attached hydrogens (tertiary/aromatic N) is 2. The number of carbonyl (C=O) groups is 2. The summed E-state index contributed by atoms with van der Waals surface area (Å²) in [5, 5.41) is 11.2. The van der Waals surface area contributed by atoms with Crippen LogP contribution < -0.4 is 4.74 Å². The first-order chi connectivity index (χ1) is 19.8. The van der Waals surface area contributed by atoms with E-state index < -0.39 is 17.6 Å². The zero-order valence-electron chi connectivity index (χ0n) is 21.8. The van der Waals surface area contributed by atoms with Gasteiger partial charge in [0.05, 0.1) is 30.3 Å². The van der Waals surface area contributed by atoms with Crippen LogP contribution in [0.25, 0.3) is 17.2 Å². The van der Waals surface area contributed by atoms with Crippen LogP contribution in [0.3, 0.4) is 0 Å². The van der Waals surface area contributed by atoms with Gasteiger partial charge in [-0.25, -0.2) is 13.6 Å². The second kappa shape index (κ2) is 13.2. The summed E-state index contributed by atoms with van der Waals surface area (Å²) in [6, 6.07) is 10.4. The molecular formula is C29H26F2N2O5S3. The summed E-state index contributed by atoms with van der Waals surface area (Å²) in [6.45, 7) is 4.04. The average molecular weight is 617 g/mol. The molecule has 0 saturated carbocycles. The highest BCUT2D eigenvalue weighted by Crippen LogP contribution is 2.35. The third-order valence-corrected chi connectivity index (χ3v) is 8.87. The lowest BCUT2D eigenvalue weighted by Gasteiger charge is -2.27. The Balaban J connectivity index is 1.18. The van der Waals surface area contributed by atoms with E-state index in [4.69, 9.17) is 21.7 Å². The summed E-state index contributed by atoms with van der Waals surface area (Å²) in [7, 11) is 0. The first kappa shape index (κ1) is 29.3. The molecule has 2 saturated heterocycles. The van der Waals surface area contributed by atoms with Crippen molar-refractivity contribution in [1.29, 1.82) is 0 Å². The number of hydrogen-bond acceptors (Lipinski definition) is 8. The molecule has 2 aromatic carbocycles. The Bertz CT molecular complexity index is 1500. The highest BCUT2D eigenvalue weighted by atomic mass is 32.2. The summed E-state index contributed by atoms with van der Waals surface area (Å²) in [5.74, 6) is -2.39. The van der Waals surface area contributed by atoms with Gasteiger partial charge in [0, 0.05) is 36.6 Å². The fourth-order valence-electron chi connectivity index (χ4n) is 4.46. The smallest absolute Gasteiger partial charge is 0.335 e. The first-order valence-corrected chi connectivity index (χ1v) is 15.0. The molecule has 0 spiro atoms. The number of morpholine rings is 1. The van der Waals surface area contributed by atoms with E-state index in [1.165, 1.54) is 35.2 Å². The number of amides is 1. The summed E-state index contributed by atoms with van der Waals surface area (Å²) in [5.41, 5.74) is 2.28. The molecule has 1 N–H and O–H groups in total. The number of rotatable bonds is 10. The Labute approximate surface area is 249 Å². The highest BCUT2D eigenvalue weighted by molar-refractivity contribution is 8.26. The zero-order valence-corrected chi connectivity index (χ0v) is 24.3. The van der Waals surface area contributed by atoms with E-state index in [1.54, 1.807) is 23.1 Å². The van der Waals surface area contributed by atoms with E-state index in [9.17, 15) is 23.5 Å². The molecule has 0 radical (unpaired) electrons. The van der Waals surface area contributed by atoms with Crippen molar-refractivity contribution in [3.8, 4) is 16.9 Å².